The summed E-state index contributed by atoms with van der Waals surface area (Å²) >= 11 is 0. The third-order valence-electron chi connectivity index (χ3n) is 3.22. The first-order valence-corrected chi connectivity index (χ1v) is 6.23. The highest BCUT2D eigenvalue weighted by Crippen LogP contribution is 2.36. The fourth-order valence-corrected chi connectivity index (χ4v) is 2.27. The zero-order valence-electron chi connectivity index (χ0n) is 11.5. The maximum atomic E-state index is 13.5. The number of aromatic nitrogens is 4. The number of hydrogen-bond donors (Lipinski definition) is 1. The van der Waals surface area contributed by atoms with E-state index in [0.29, 0.717) is 22.6 Å². The van der Waals surface area contributed by atoms with Crippen molar-refractivity contribution in [3.8, 4) is 22.4 Å². The van der Waals surface area contributed by atoms with Gasteiger partial charge >= 0.3 is 0 Å². The molecule has 0 spiro atoms. The van der Waals surface area contributed by atoms with Crippen LogP contribution in [0, 0.1) is 11.6 Å². The van der Waals surface area contributed by atoms with Crippen LogP contribution < -0.4 is 5.73 Å². The van der Waals surface area contributed by atoms with Crippen LogP contribution in [-0.2, 0) is 14.1 Å². The number of benzene rings is 1. The van der Waals surface area contributed by atoms with Crippen molar-refractivity contribution in [1.82, 2.24) is 19.6 Å². The van der Waals surface area contributed by atoms with E-state index < -0.39 is 11.6 Å². The van der Waals surface area contributed by atoms with Gasteiger partial charge in [0.1, 0.15) is 23.1 Å². The number of hydrogen-bond acceptors (Lipinski definition) is 3. The fraction of sp³-hybridized carbons (Fsp3) is 0.143. The van der Waals surface area contributed by atoms with Crippen molar-refractivity contribution in [2.45, 2.75) is 0 Å². The van der Waals surface area contributed by atoms with Crippen molar-refractivity contribution in [3.05, 3.63) is 42.2 Å². The van der Waals surface area contributed by atoms with Gasteiger partial charge in [0.25, 0.3) is 0 Å². The van der Waals surface area contributed by atoms with Crippen LogP contribution in [0.4, 0.5) is 14.6 Å². The summed E-state index contributed by atoms with van der Waals surface area (Å²) in [6.45, 7) is 0. The maximum Gasteiger partial charge on any atom is 0.129 e. The molecule has 5 nitrogen and oxygen atoms in total. The zero-order chi connectivity index (χ0) is 15.1. The smallest absolute Gasteiger partial charge is 0.129 e. The highest BCUT2D eigenvalue weighted by atomic mass is 19.1. The van der Waals surface area contributed by atoms with Crippen molar-refractivity contribution in [3.63, 3.8) is 0 Å². The van der Waals surface area contributed by atoms with Gasteiger partial charge in [0.2, 0.25) is 0 Å². The van der Waals surface area contributed by atoms with Gasteiger partial charge in [-0.3, -0.25) is 9.36 Å². The molecule has 0 aliphatic heterocycles. The molecule has 2 N–H and O–H groups in total. The quantitative estimate of drug-likeness (QED) is 0.787. The van der Waals surface area contributed by atoms with Crippen LogP contribution in [-0.4, -0.2) is 19.6 Å². The number of halogens is 2. The van der Waals surface area contributed by atoms with E-state index in [1.807, 2.05) is 0 Å². The van der Waals surface area contributed by atoms with Gasteiger partial charge in [0.15, 0.2) is 0 Å². The predicted octanol–water partition coefficient (Wildman–Crippen LogP) is 2.35. The molecular weight excluding hydrogens is 276 g/mol. The zero-order valence-corrected chi connectivity index (χ0v) is 11.5. The van der Waals surface area contributed by atoms with Crippen molar-refractivity contribution >= 4 is 5.82 Å². The number of rotatable bonds is 2. The molecule has 3 rings (SSSR count). The summed E-state index contributed by atoms with van der Waals surface area (Å²) in [5, 5.41) is 8.40. The lowest BCUT2D eigenvalue weighted by atomic mass is 10.0. The minimum Gasteiger partial charge on any atom is -0.383 e. The summed E-state index contributed by atoms with van der Waals surface area (Å²) in [6.07, 6.45) is 3.39. The van der Waals surface area contributed by atoms with E-state index in [4.69, 9.17) is 5.73 Å². The molecule has 0 radical (unpaired) electrons. The first-order chi connectivity index (χ1) is 9.95. The number of nitrogen functional groups attached to an aromatic ring is 1. The molecule has 0 saturated heterocycles. The Bertz CT molecular complexity index is 799. The highest BCUT2D eigenvalue weighted by molar-refractivity contribution is 5.87. The molecule has 0 fully saturated rings. The van der Waals surface area contributed by atoms with Crippen LogP contribution in [0.3, 0.4) is 0 Å². The Balaban J connectivity index is 2.26. The standard InChI is InChI=1S/C14H13F2N5/c1-20-7-9(6-18-20)13-12(14(17)21(2)19-13)8-3-10(15)5-11(16)4-8/h3-7H,17H2,1-2H3. The largest absolute Gasteiger partial charge is 0.383 e. The van der Waals surface area contributed by atoms with Crippen LogP contribution in [0.25, 0.3) is 22.4 Å². The first-order valence-electron chi connectivity index (χ1n) is 6.23. The van der Waals surface area contributed by atoms with E-state index in [1.54, 1.807) is 31.2 Å². The summed E-state index contributed by atoms with van der Waals surface area (Å²) in [5.41, 5.74) is 8.10. The average Bonchev–Trinajstić information content (AvgIpc) is 2.94. The molecule has 3 aromatic rings. The van der Waals surface area contributed by atoms with Gasteiger partial charge < -0.3 is 5.73 Å². The summed E-state index contributed by atoms with van der Waals surface area (Å²) < 4.78 is 30.0. The lowest BCUT2D eigenvalue weighted by molar-refractivity contribution is 0.584. The SMILES string of the molecule is Cn1cc(-c2nn(C)c(N)c2-c2cc(F)cc(F)c2)cn1. The molecule has 21 heavy (non-hydrogen) atoms. The van der Waals surface area contributed by atoms with E-state index in [1.165, 1.54) is 16.8 Å². The topological polar surface area (TPSA) is 61.7 Å². The van der Waals surface area contributed by atoms with Crippen LogP contribution in [0.1, 0.15) is 0 Å². The Labute approximate surface area is 119 Å². The Morgan fingerprint density at radius 3 is 2.29 bits per heavy atom. The molecule has 2 heterocycles. The fourth-order valence-electron chi connectivity index (χ4n) is 2.27. The summed E-state index contributed by atoms with van der Waals surface area (Å²) in [4.78, 5) is 0. The van der Waals surface area contributed by atoms with Gasteiger partial charge in [-0.2, -0.15) is 10.2 Å². The molecule has 0 saturated carbocycles. The summed E-state index contributed by atoms with van der Waals surface area (Å²) in [6, 6.07) is 3.28. The molecule has 0 bridgehead atoms. The van der Waals surface area contributed by atoms with Crippen LogP contribution in [0.2, 0.25) is 0 Å². The normalized spacial score (nSPS) is 11.0. The van der Waals surface area contributed by atoms with Gasteiger partial charge in [0, 0.05) is 31.9 Å². The second kappa shape index (κ2) is 4.69. The molecule has 1 aromatic carbocycles. The highest BCUT2D eigenvalue weighted by Gasteiger charge is 2.19. The minimum absolute atomic E-state index is 0.332. The van der Waals surface area contributed by atoms with E-state index in [2.05, 4.69) is 10.2 Å². The van der Waals surface area contributed by atoms with Gasteiger partial charge in [-0.15, -0.1) is 0 Å². The third kappa shape index (κ3) is 2.26. The molecule has 0 aliphatic rings. The number of nitrogens with two attached hydrogens (primary N) is 1. The Morgan fingerprint density at radius 2 is 1.71 bits per heavy atom. The van der Waals surface area contributed by atoms with Gasteiger partial charge in [-0.05, 0) is 17.7 Å². The van der Waals surface area contributed by atoms with E-state index in [-0.39, 0.29) is 0 Å². The van der Waals surface area contributed by atoms with Crippen molar-refractivity contribution in [2.75, 3.05) is 5.73 Å². The molecule has 0 atom stereocenters. The molecule has 7 heteroatoms. The first kappa shape index (κ1) is 13.3. The monoisotopic (exact) mass is 289 g/mol. The number of anilines is 1. The number of aryl methyl sites for hydroxylation is 2. The molecule has 0 aliphatic carbocycles. The predicted molar refractivity (Wildman–Crippen MR) is 75.2 cm³/mol. The van der Waals surface area contributed by atoms with E-state index in [0.717, 1.165) is 11.6 Å². The lowest BCUT2D eigenvalue weighted by Crippen LogP contribution is -1.98. The lowest BCUT2D eigenvalue weighted by Gasteiger charge is -2.04. The molecule has 0 unspecified atom stereocenters. The Morgan fingerprint density at radius 1 is 1.05 bits per heavy atom. The maximum absolute atomic E-state index is 13.5. The summed E-state index contributed by atoms with van der Waals surface area (Å²) in [5.74, 6) is -0.991. The second-order valence-electron chi connectivity index (χ2n) is 4.79. The second-order valence-corrected chi connectivity index (χ2v) is 4.79. The Kier molecular flexibility index (Phi) is 2.97. The van der Waals surface area contributed by atoms with Crippen LogP contribution >= 0.6 is 0 Å². The van der Waals surface area contributed by atoms with E-state index in [9.17, 15) is 8.78 Å². The minimum atomic E-state index is -0.662. The van der Waals surface area contributed by atoms with Crippen LogP contribution in [0.5, 0.6) is 0 Å². The average molecular weight is 289 g/mol. The molecular formula is C14H13F2N5. The van der Waals surface area contributed by atoms with E-state index >= 15 is 0 Å². The third-order valence-corrected chi connectivity index (χ3v) is 3.22. The Hall–Kier alpha value is -2.70. The van der Waals surface area contributed by atoms with Gasteiger partial charge in [-0.25, -0.2) is 8.78 Å². The number of nitrogens with zero attached hydrogens (tertiary/aromatic N) is 4. The van der Waals surface area contributed by atoms with Gasteiger partial charge in [-0.1, -0.05) is 0 Å². The van der Waals surface area contributed by atoms with Crippen LogP contribution in [0.15, 0.2) is 30.6 Å². The van der Waals surface area contributed by atoms with Crippen molar-refractivity contribution in [2.24, 2.45) is 14.1 Å². The van der Waals surface area contributed by atoms with Gasteiger partial charge in [0.05, 0.1) is 11.8 Å². The van der Waals surface area contributed by atoms with Crippen molar-refractivity contribution in [1.29, 1.82) is 0 Å². The van der Waals surface area contributed by atoms with Crippen molar-refractivity contribution < 1.29 is 8.78 Å². The molecule has 0 amide bonds. The summed E-state index contributed by atoms with van der Waals surface area (Å²) in [7, 11) is 3.45. The molecule has 2 aromatic heterocycles. The molecule has 108 valence electrons.